The van der Waals surface area contributed by atoms with Gasteiger partial charge >= 0.3 is 0 Å². The summed E-state index contributed by atoms with van der Waals surface area (Å²) in [5, 5.41) is 9.12. The molecule has 0 saturated carbocycles. The monoisotopic (exact) mass is 408 g/mol. The predicted octanol–water partition coefficient (Wildman–Crippen LogP) is 2.71. The Hall–Kier alpha value is -2.37. The summed E-state index contributed by atoms with van der Waals surface area (Å²) in [5.74, 6) is 0.447. The average molecular weight is 408 g/mol. The van der Waals surface area contributed by atoms with Crippen molar-refractivity contribution in [3.63, 3.8) is 0 Å². The zero-order chi connectivity index (χ0) is 20.0. The molecule has 2 atom stereocenters. The SMILES string of the molecule is CCc1nc(C)cn2nc(C3=CC(=O)N4C=C(C5CCNCC5)N=CC4P3)cc12. The number of aliphatic imine (C=N–C) groups is 1. The van der Waals surface area contributed by atoms with Crippen LogP contribution in [0.4, 0.5) is 0 Å². The molecule has 0 bridgehead atoms. The standard InChI is InChI=1S/C21H25N6OP/c1-3-15-18-8-16(25-27(18)11-13(2)24-15)19-9-20(28)26-12-17(23-10-21(26)29-19)14-4-6-22-7-5-14/h8-12,14,21-22,29H,3-7H2,1-2H3. The summed E-state index contributed by atoms with van der Waals surface area (Å²) >= 11 is 0. The number of nitrogens with one attached hydrogen (secondary N) is 1. The number of piperidine rings is 1. The highest BCUT2D eigenvalue weighted by atomic mass is 31.1. The third kappa shape index (κ3) is 3.43. The summed E-state index contributed by atoms with van der Waals surface area (Å²) in [5.41, 5.74) is 4.89. The Balaban J connectivity index is 1.45. The fraction of sp³-hybridized carbons (Fsp3) is 0.429. The van der Waals surface area contributed by atoms with Crippen molar-refractivity contribution in [2.24, 2.45) is 10.9 Å². The maximum Gasteiger partial charge on any atom is 0.252 e. The van der Waals surface area contributed by atoms with Crippen LogP contribution in [0.3, 0.4) is 0 Å². The van der Waals surface area contributed by atoms with Crippen LogP contribution in [0.25, 0.3) is 10.8 Å². The molecule has 0 aromatic carbocycles. The second-order valence-corrected chi connectivity index (χ2v) is 9.21. The quantitative estimate of drug-likeness (QED) is 0.793. The number of hydrogen-bond acceptors (Lipinski definition) is 5. The second kappa shape index (κ2) is 7.47. The predicted molar refractivity (Wildman–Crippen MR) is 116 cm³/mol. The van der Waals surface area contributed by atoms with Gasteiger partial charge in [0, 0.05) is 29.7 Å². The van der Waals surface area contributed by atoms with Crippen molar-refractivity contribution >= 4 is 31.5 Å². The van der Waals surface area contributed by atoms with Crippen molar-refractivity contribution in [1.82, 2.24) is 24.8 Å². The molecule has 5 rings (SSSR count). The van der Waals surface area contributed by atoms with Crippen molar-refractivity contribution < 1.29 is 4.79 Å². The molecule has 2 unspecified atom stereocenters. The second-order valence-electron chi connectivity index (χ2n) is 7.79. The highest BCUT2D eigenvalue weighted by Crippen LogP contribution is 2.43. The number of carbonyl (C=O) groups excluding carboxylic acids is 1. The molecule has 2 aromatic heterocycles. The Morgan fingerprint density at radius 1 is 1.31 bits per heavy atom. The third-order valence-electron chi connectivity index (χ3n) is 5.78. The topological polar surface area (TPSA) is 74.9 Å². The van der Waals surface area contributed by atoms with Crippen LogP contribution in [0.2, 0.25) is 0 Å². The maximum atomic E-state index is 12.9. The summed E-state index contributed by atoms with van der Waals surface area (Å²) in [6.45, 7) is 6.11. The number of hydrogen-bond donors (Lipinski definition) is 1. The zero-order valence-corrected chi connectivity index (χ0v) is 17.7. The molecule has 2 aromatic rings. The number of rotatable bonds is 3. The maximum absolute atomic E-state index is 12.9. The number of carbonyl (C=O) groups is 1. The summed E-state index contributed by atoms with van der Waals surface area (Å²) in [4.78, 5) is 24.1. The van der Waals surface area contributed by atoms with Gasteiger partial charge in [0.2, 0.25) is 0 Å². The molecule has 150 valence electrons. The van der Waals surface area contributed by atoms with Crippen molar-refractivity contribution in [3.8, 4) is 0 Å². The smallest absolute Gasteiger partial charge is 0.252 e. The molecule has 1 amide bonds. The molecular weight excluding hydrogens is 383 g/mol. The lowest BCUT2D eigenvalue weighted by Gasteiger charge is -2.34. The lowest BCUT2D eigenvalue weighted by Crippen LogP contribution is -2.39. The number of allylic oxidation sites excluding steroid dienone is 1. The minimum atomic E-state index is -0.0108. The lowest BCUT2D eigenvalue weighted by atomic mass is 9.94. The Morgan fingerprint density at radius 2 is 2.14 bits per heavy atom. The molecule has 1 N–H and O–H groups in total. The van der Waals surface area contributed by atoms with E-state index in [1.807, 2.05) is 35.0 Å². The Labute approximate surface area is 171 Å². The van der Waals surface area contributed by atoms with E-state index in [1.54, 1.807) is 6.08 Å². The largest absolute Gasteiger partial charge is 0.317 e. The molecule has 1 saturated heterocycles. The van der Waals surface area contributed by atoms with Crippen LogP contribution >= 0.6 is 8.58 Å². The lowest BCUT2D eigenvalue weighted by molar-refractivity contribution is -0.123. The molecule has 3 aliphatic rings. The van der Waals surface area contributed by atoms with Gasteiger partial charge in [-0.2, -0.15) is 5.10 Å². The van der Waals surface area contributed by atoms with E-state index in [2.05, 4.69) is 23.3 Å². The minimum absolute atomic E-state index is 0.0108. The van der Waals surface area contributed by atoms with Crippen molar-refractivity contribution in [2.45, 2.75) is 38.9 Å². The Morgan fingerprint density at radius 3 is 2.93 bits per heavy atom. The molecule has 29 heavy (non-hydrogen) atoms. The molecule has 0 spiro atoms. The van der Waals surface area contributed by atoms with Gasteiger partial charge < -0.3 is 10.2 Å². The first-order chi connectivity index (χ1) is 14.1. The first-order valence-electron chi connectivity index (χ1n) is 10.3. The number of fused-ring (bicyclic) bond motifs is 2. The number of amides is 1. The van der Waals surface area contributed by atoms with Crippen molar-refractivity contribution in [1.29, 1.82) is 0 Å². The van der Waals surface area contributed by atoms with Gasteiger partial charge in [0.15, 0.2) is 0 Å². The first kappa shape index (κ1) is 18.6. The summed E-state index contributed by atoms with van der Waals surface area (Å²) in [7, 11) is 0.428. The van der Waals surface area contributed by atoms with Gasteiger partial charge in [0.1, 0.15) is 0 Å². The summed E-state index contributed by atoms with van der Waals surface area (Å²) in [6.07, 6.45) is 10.6. The van der Waals surface area contributed by atoms with E-state index in [0.29, 0.717) is 14.5 Å². The van der Waals surface area contributed by atoms with E-state index < -0.39 is 0 Å². The molecule has 8 heteroatoms. The fourth-order valence-electron chi connectivity index (χ4n) is 4.24. The van der Waals surface area contributed by atoms with Gasteiger partial charge in [-0.05, 0) is 45.3 Å². The highest BCUT2D eigenvalue weighted by Gasteiger charge is 2.32. The summed E-state index contributed by atoms with van der Waals surface area (Å²) in [6, 6.07) is 2.06. The van der Waals surface area contributed by atoms with Crippen molar-refractivity contribution in [2.75, 3.05) is 13.1 Å². The van der Waals surface area contributed by atoms with Crippen LogP contribution < -0.4 is 5.32 Å². The molecule has 3 aliphatic heterocycles. The van der Waals surface area contributed by atoms with Gasteiger partial charge in [-0.15, -0.1) is 0 Å². The molecule has 0 radical (unpaired) electrons. The Bertz CT molecular complexity index is 1060. The molecular formula is C21H25N6OP. The third-order valence-corrected chi connectivity index (χ3v) is 7.22. The normalized spacial score (nSPS) is 23.4. The van der Waals surface area contributed by atoms with Crippen LogP contribution in [0.15, 0.2) is 35.2 Å². The minimum Gasteiger partial charge on any atom is -0.317 e. The van der Waals surface area contributed by atoms with E-state index in [9.17, 15) is 4.79 Å². The van der Waals surface area contributed by atoms with Gasteiger partial charge in [0.25, 0.3) is 5.91 Å². The highest BCUT2D eigenvalue weighted by molar-refractivity contribution is 7.52. The number of aromatic nitrogens is 3. The number of aryl methyl sites for hydroxylation is 2. The van der Waals surface area contributed by atoms with Gasteiger partial charge in [-0.1, -0.05) is 15.5 Å². The van der Waals surface area contributed by atoms with Crippen molar-refractivity contribution in [3.05, 3.63) is 47.3 Å². The average Bonchev–Trinajstić information content (AvgIpc) is 3.17. The number of nitrogens with zero attached hydrogens (tertiary/aromatic N) is 5. The van der Waals surface area contributed by atoms with Crippen LogP contribution in [0.1, 0.15) is 36.8 Å². The molecule has 0 aliphatic carbocycles. The van der Waals surface area contributed by atoms with Crippen LogP contribution in [0.5, 0.6) is 0 Å². The van der Waals surface area contributed by atoms with Crippen LogP contribution in [-0.2, 0) is 11.2 Å². The first-order valence-corrected chi connectivity index (χ1v) is 11.3. The van der Waals surface area contributed by atoms with Gasteiger partial charge in [-0.25, -0.2) is 4.52 Å². The van der Waals surface area contributed by atoms with E-state index in [0.717, 1.165) is 66.0 Å². The van der Waals surface area contributed by atoms with E-state index in [1.165, 1.54) is 0 Å². The fourth-order valence-corrected chi connectivity index (χ4v) is 5.53. The zero-order valence-electron chi connectivity index (χ0n) is 16.7. The van der Waals surface area contributed by atoms with E-state index in [4.69, 9.17) is 10.1 Å². The van der Waals surface area contributed by atoms with Gasteiger partial charge in [-0.3, -0.25) is 14.8 Å². The molecule has 7 nitrogen and oxygen atoms in total. The molecule has 5 heterocycles. The summed E-state index contributed by atoms with van der Waals surface area (Å²) < 4.78 is 1.89. The van der Waals surface area contributed by atoms with E-state index in [-0.39, 0.29) is 11.7 Å². The van der Waals surface area contributed by atoms with Crippen LogP contribution in [0, 0.1) is 12.8 Å². The van der Waals surface area contributed by atoms with E-state index >= 15 is 0 Å². The molecule has 1 fully saturated rings. The van der Waals surface area contributed by atoms with Gasteiger partial charge in [0.05, 0.1) is 40.3 Å². The Kier molecular flexibility index (Phi) is 4.80. The van der Waals surface area contributed by atoms with Crippen LogP contribution in [-0.4, -0.2) is 50.5 Å².